The third kappa shape index (κ3) is 8.96. The van der Waals surface area contributed by atoms with Gasteiger partial charge in [0.1, 0.15) is 23.2 Å². The Hall–Kier alpha value is -4.15. The smallest absolute Gasteiger partial charge is 0.259 e. The largest absolute Gasteiger partial charge is 0.497 e. The van der Waals surface area contributed by atoms with Crippen molar-refractivity contribution in [3.63, 3.8) is 0 Å². The van der Waals surface area contributed by atoms with Gasteiger partial charge < -0.3 is 28.0 Å². The first kappa shape index (κ1) is 42.0. The van der Waals surface area contributed by atoms with Gasteiger partial charge in [-0.15, -0.1) is 0 Å². The van der Waals surface area contributed by atoms with Crippen LogP contribution in [0.25, 0.3) is 0 Å². The number of hydrogen-bond donors (Lipinski definition) is 0. The summed E-state index contributed by atoms with van der Waals surface area (Å²) in [6, 6.07) is 25.7. The molecule has 0 saturated carbocycles. The molecule has 0 aliphatic carbocycles. The van der Waals surface area contributed by atoms with E-state index in [0.29, 0.717) is 28.2 Å². The van der Waals surface area contributed by atoms with Crippen LogP contribution in [0.3, 0.4) is 0 Å². The SMILES string of the molecule is COc1ccc(C(OC[C@H]2O[C@@H](c3c(F)c(F)c(F)c(F)c3F)C[C@@H]2OP(OCCC#N)N(C(C)C)C(C)C)(c2ccccc2)c2ccc(OC)cc2)cc1. The molecule has 55 heavy (non-hydrogen) atoms. The molecule has 0 aromatic heterocycles. The maximum Gasteiger partial charge on any atom is 0.259 e. The number of benzene rings is 4. The lowest BCUT2D eigenvalue weighted by Gasteiger charge is -2.39. The van der Waals surface area contributed by atoms with E-state index >= 15 is 8.78 Å². The van der Waals surface area contributed by atoms with E-state index in [1.165, 1.54) is 0 Å². The standard InChI is InChI=1S/C41H44F5N2O6P/c1-25(2)48(26(3)4)55(52-22-10-21-47)54-32-23-33(35-36(42)38(44)40(46)39(45)37(35)43)53-34(32)24-51-41(27-11-8-7-9-12-27,28-13-17-30(49-5)18-14-28)29-15-19-31(50-6)20-16-29/h7-9,11-20,25-26,32-34H,10,22-24H2,1-6H3/t32-,33+,34+,55?/m0/s1. The van der Waals surface area contributed by atoms with Gasteiger partial charge in [-0.25, -0.2) is 26.6 Å². The van der Waals surface area contributed by atoms with Gasteiger partial charge >= 0.3 is 0 Å². The minimum Gasteiger partial charge on any atom is -0.497 e. The molecule has 14 heteroatoms. The van der Waals surface area contributed by atoms with Crippen LogP contribution in [0.4, 0.5) is 22.0 Å². The van der Waals surface area contributed by atoms with Crippen LogP contribution in [0.5, 0.6) is 11.5 Å². The quantitative estimate of drug-likeness (QED) is 0.0261. The second-order valence-corrected chi connectivity index (χ2v) is 14.8. The Labute approximate surface area is 319 Å². The number of nitriles is 1. The van der Waals surface area contributed by atoms with Crippen molar-refractivity contribution in [3.8, 4) is 17.6 Å². The number of hydrogen-bond acceptors (Lipinski definition) is 8. The minimum absolute atomic E-state index is 0.0278. The van der Waals surface area contributed by atoms with Crippen LogP contribution >= 0.6 is 8.53 Å². The average Bonchev–Trinajstić information content (AvgIpc) is 3.58. The number of ether oxygens (including phenoxy) is 4. The van der Waals surface area contributed by atoms with Crippen LogP contribution in [0.1, 0.15) is 68.9 Å². The number of nitrogens with zero attached hydrogens (tertiary/aromatic N) is 2. The third-order valence-electron chi connectivity index (χ3n) is 9.29. The van der Waals surface area contributed by atoms with Crippen LogP contribution < -0.4 is 9.47 Å². The molecule has 4 aromatic carbocycles. The molecule has 1 saturated heterocycles. The zero-order valence-electron chi connectivity index (χ0n) is 31.4. The summed E-state index contributed by atoms with van der Waals surface area (Å²) in [6.07, 6.45) is -4.01. The van der Waals surface area contributed by atoms with E-state index in [9.17, 15) is 18.4 Å². The van der Waals surface area contributed by atoms with Crippen LogP contribution in [-0.2, 0) is 24.1 Å². The van der Waals surface area contributed by atoms with Gasteiger partial charge in [0, 0.05) is 18.5 Å². The van der Waals surface area contributed by atoms with Crippen LogP contribution in [-0.4, -0.2) is 56.4 Å². The Balaban J connectivity index is 1.63. The van der Waals surface area contributed by atoms with Gasteiger partial charge in [-0.2, -0.15) is 5.26 Å². The van der Waals surface area contributed by atoms with Crippen molar-refractivity contribution < 1.29 is 49.9 Å². The topological polar surface area (TPSA) is 82.4 Å². The summed E-state index contributed by atoms with van der Waals surface area (Å²) < 4.78 is 113. The lowest BCUT2D eigenvalue weighted by atomic mass is 9.80. The first-order chi connectivity index (χ1) is 26.4. The molecule has 0 bridgehead atoms. The predicted octanol–water partition coefficient (Wildman–Crippen LogP) is 9.90. The Kier molecular flexibility index (Phi) is 14.2. The Morgan fingerprint density at radius 2 is 1.25 bits per heavy atom. The maximum absolute atomic E-state index is 15.3. The molecule has 1 aliphatic heterocycles. The molecule has 0 radical (unpaired) electrons. The van der Waals surface area contributed by atoms with E-state index in [1.54, 1.807) is 38.5 Å². The highest BCUT2D eigenvalue weighted by atomic mass is 31.2. The zero-order valence-corrected chi connectivity index (χ0v) is 32.3. The molecule has 0 amide bonds. The monoisotopic (exact) mass is 786 g/mol. The first-order valence-electron chi connectivity index (χ1n) is 17.8. The molecule has 5 rings (SSSR count). The number of methoxy groups -OCH3 is 2. The van der Waals surface area contributed by atoms with Gasteiger partial charge in [-0.3, -0.25) is 0 Å². The van der Waals surface area contributed by atoms with E-state index in [0.717, 1.165) is 0 Å². The molecule has 1 fully saturated rings. The third-order valence-corrected chi connectivity index (χ3v) is 11.4. The summed E-state index contributed by atoms with van der Waals surface area (Å²) >= 11 is 0. The van der Waals surface area contributed by atoms with Crippen LogP contribution in [0, 0.1) is 40.4 Å². The van der Waals surface area contributed by atoms with Crippen molar-refractivity contribution in [3.05, 3.63) is 130 Å². The highest BCUT2D eigenvalue weighted by Gasteiger charge is 2.46. The van der Waals surface area contributed by atoms with Crippen molar-refractivity contribution in [2.75, 3.05) is 27.4 Å². The first-order valence-corrected chi connectivity index (χ1v) is 18.9. The summed E-state index contributed by atoms with van der Waals surface area (Å²) in [4.78, 5) is 0. The lowest BCUT2D eigenvalue weighted by Crippen LogP contribution is -2.39. The minimum atomic E-state index is -2.27. The molecule has 0 spiro atoms. The fourth-order valence-electron chi connectivity index (χ4n) is 6.76. The fraction of sp³-hybridized carbons (Fsp3) is 0.390. The van der Waals surface area contributed by atoms with Gasteiger partial charge in [-0.05, 0) is 68.7 Å². The Morgan fingerprint density at radius 3 is 1.73 bits per heavy atom. The second-order valence-electron chi connectivity index (χ2n) is 13.4. The maximum atomic E-state index is 15.3. The lowest BCUT2D eigenvalue weighted by molar-refractivity contribution is -0.0815. The molecule has 294 valence electrons. The fourth-order valence-corrected chi connectivity index (χ4v) is 8.51. The van der Waals surface area contributed by atoms with E-state index in [1.807, 2.05) is 93.0 Å². The Morgan fingerprint density at radius 1 is 0.764 bits per heavy atom. The molecular weight excluding hydrogens is 742 g/mol. The number of halogens is 5. The van der Waals surface area contributed by atoms with E-state index in [-0.39, 0.29) is 38.1 Å². The molecule has 1 unspecified atom stereocenters. The summed E-state index contributed by atoms with van der Waals surface area (Å²) in [5.41, 5.74) is -0.364. The van der Waals surface area contributed by atoms with Crippen LogP contribution in [0.2, 0.25) is 0 Å². The molecule has 4 atom stereocenters. The van der Waals surface area contributed by atoms with Crippen LogP contribution in [0.15, 0.2) is 78.9 Å². The molecule has 0 N–H and O–H groups in total. The van der Waals surface area contributed by atoms with Crippen molar-refractivity contribution in [1.82, 2.24) is 4.67 Å². The van der Waals surface area contributed by atoms with E-state index < -0.39 is 67.1 Å². The summed E-state index contributed by atoms with van der Waals surface area (Å²) in [7, 11) is 1.17. The van der Waals surface area contributed by atoms with E-state index in [2.05, 4.69) is 0 Å². The molecule has 4 aromatic rings. The van der Waals surface area contributed by atoms with Crippen molar-refractivity contribution in [2.45, 2.75) is 76.5 Å². The van der Waals surface area contributed by atoms with Crippen molar-refractivity contribution in [2.24, 2.45) is 0 Å². The summed E-state index contributed by atoms with van der Waals surface area (Å²) in [6.45, 7) is 7.50. The summed E-state index contributed by atoms with van der Waals surface area (Å²) in [5, 5.41) is 9.24. The van der Waals surface area contributed by atoms with Gasteiger partial charge in [0.05, 0.1) is 57.7 Å². The molecule has 1 aliphatic rings. The molecule has 8 nitrogen and oxygen atoms in total. The highest BCUT2D eigenvalue weighted by Crippen LogP contribution is 2.52. The van der Waals surface area contributed by atoms with Gasteiger partial charge in [0.15, 0.2) is 23.3 Å². The number of rotatable bonds is 17. The molecule has 1 heterocycles. The highest BCUT2D eigenvalue weighted by molar-refractivity contribution is 7.44. The van der Waals surface area contributed by atoms with Gasteiger partial charge in [0.2, 0.25) is 5.82 Å². The Bertz CT molecular complexity index is 1830. The van der Waals surface area contributed by atoms with Gasteiger partial charge in [-0.1, -0.05) is 54.6 Å². The normalized spacial score (nSPS) is 17.9. The predicted molar refractivity (Wildman–Crippen MR) is 197 cm³/mol. The second kappa shape index (κ2) is 18.7. The van der Waals surface area contributed by atoms with Crippen molar-refractivity contribution in [1.29, 1.82) is 5.26 Å². The van der Waals surface area contributed by atoms with Crippen molar-refractivity contribution >= 4 is 8.53 Å². The average molecular weight is 787 g/mol. The van der Waals surface area contributed by atoms with E-state index in [4.69, 9.17) is 28.0 Å². The summed E-state index contributed by atoms with van der Waals surface area (Å²) in [5.74, 6) is -9.21. The van der Waals surface area contributed by atoms with Gasteiger partial charge in [0.25, 0.3) is 8.53 Å². The molecular formula is C41H44F5N2O6P. The zero-order chi connectivity index (χ0) is 39.9.